The largest absolute Gasteiger partial charge is 0.495 e. The summed E-state index contributed by atoms with van der Waals surface area (Å²) in [5.74, 6) is 2.52. The smallest absolute Gasteiger partial charge is 0.203 e. The van der Waals surface area contributed by atoms with Gasteiger partial charge in [-0.25, -0.2) is 0 Å². The third-order valence-electron chi connectivity index (χ3n) is 5.43. The molecule has 174 valence electrons. The van der Waals surface area contributed by atoms with Crippen molar-refractivity contribution in [3.63, 3.8) is 0 Å². The van der Waals surface area contributed by atoms with Crippen LogP contribution in [-0.2, 0) is 11.3 Å². The van der Waals surface area contributed by atoms with E-state index in [2.05, 4.69) is 10.2 Å². The van der Waals surface area contributed by atoms with E-state index in [9.17, 15) is 0 Å². The Balaban J connectivity index is 1.87. The zero-order valence-electron chi connectivity index (χ0n) is 19.4. The van der Waals surface area contributed by atoms with E-state index in [1.165, 1.54) is 0 Å². The van der Waals surface area contributed by atoms with E-state index in [0.717, 1.165) is 42.0 Å². The van der Waals surface area contributed by atoms with Gasteiger partial charge in [0.05, 0.1) is 40.2 Å². The molecular weight excluding hydrogens is 428 g/mol. The van der Waals surface area contributed by atoms with Crippen LogP contribution in [0.2, 0.25) is 0 Å². The Morgan fingerprint density at radius 2 is 1.72 bits per heavy atom. The highest BCUT2D eigenvalue weighted by Gasteiger charge is 2.23. The number of nitrogens with zero attached hydrogens (tertiary/aromatic N) is 1. The van der Waals surface area contributed by atoms with E-state index < -0.39 is 0 Å². The highest BCUT2D eigenvalue weighted by Crippen LogP contribution is 2.38. The molecule has 0 radical (unpaired) electrons. The number of nitrogens with one attached hydrogen (secondary N) is 1. The number of rotatable bonds is 9. The highest BCUT2D eigenvalue weighted by atomic mass is 32.1. The lowest BCUT2D eigenvalue weighted by Crippen LogP contribution is -2.39. The predicted octanol–water partition coefficient (Wildman–Crippen LogP) is 4.41. The lowest BCUT2D eigenvalue weighted by Gasteiger charge is -2.29. The van der Waals surface area contributed by atoms with Crippen LogP contribution in [0.1, 0.15) is 24.0 Å². The van der Waals surface area contributed by atoms with Gasteiger partial charge in [-0.05, 0) is 67.4 Å². The fourth-order valence-corrected chi connectivity index (χ4v) is 4.06. The summed E-state index contributed by atoms with van der Waals surface area (Å²) < 4.78 is 27.9. The number of hydrogen-bond acceptors (Lipinski definition) is 6. The molecule has 1 aliphatic rings. The average molecular weight is 461 g/mol. The fraction of sp³-hybridized carbons (Fsp3) is 0.458. The maximum absolute atomic E-state index is 5.89. The van der Waals surface area contributed by atoms with Crippen molar-refractivity contribution in [3.05, 3.63) is 41.5 Å². The second-order valence-electron chi connectivity index (χ2n) is 7.68. The number of thiocarbonyl (C=S) groups is 1. The quantitative estimate of drug-likeness (QED) is 0.553. The van der Waals surface area contributed by atoms with E-state index >= 15 is 0 Å². The molecule has 8 heteroatoms. The fourth-order valence-electron chi connectivity index (χ4n) is 3.81. The first-order chi connectivity index (χ1) is 15.5. The van der Waals surface area contributed by atoms with Crippen LogP contribution in [0, 0.1) is 6.92 Å². The van der Waals surface area contributed by atoms with Gasteiger partial charge in [-0.1, -0.05) is 6.07 Å². The van der Waals surface area contributed by atoms with Crippen LogP contribution in [0.4, 0.5) is 5.69 Å². The molecule has 0 aliphatic carbocycles. The molecule has 1 heterocycles. The third-order valence-corrected chi connectivity index (χ3v) is 5.79. The molecule has 1 aliphatic heterocycles. The number of benzene rings is 2. The van der Waals surface area contributed by atoms with Crippen LogP contribution in [-0.4, -0.2) is 57.7 Å². The minimum absolute atomic E-state index is 0.135. The lowest BCUT2D eigenvalue weighted by atomic mass is 10.1. The molecule has 0 bridgehead atoms. The van der Waals surface area contributed by atoms with Crippen molar-refractivity contribution < 1.29 is 23.7 Å². The maximum atomic E-state index is 5.89. The molecule has 0 amide bonds. The molecule has 1 N–H and O–H groups in total. The van der Waals surface area contributed by atoms with E-state index in [-0.39, 0.29) is 6.10 Å². The van der Waals surface area contributed by atoms with E-state index in [1.54, 1.807) is 28.4 Å². The first kappa shape index (κ1) is 23.9. The Morgan fingerprint density at radius 1 is 1.03 bits per heavy atom. The van der Waals surface area contributed by atoms with Crippen molar-refractivity contribution in [1.29, 1.82) is 0 Å². The van der Waals surface area contributed by atoms with Gasteiger partial charge in [-0.3, -0.25) is 0 Å². The summed E-state index contributed by atoms with van der Waals surface area (Å²) in [4.78, 5) is 2.10. The molecular formula is C24H32N2O5S. The zero-order valence-corrected chi connectivity index (χ0v) is 20.2. The molecule has 2 aromatic rings. The zero-order chi connectivity index (χ0) is 23.1. The molecule has 7 nitrogen and oxygen atoms in total. The summed E-state index contributed by atoms with van der Waals surface area (Å²) >= 11 is 5.83. The van der Waals surface area contributed by atoms with Gasteiger partial charge < -0.3 is 33.9 Å². The van der Waals surface area contributed by atoms with Crippen LogP contribution >= 0.6 is 12.2 Å². The van der Waals surface area contributed by atoms with Crippen molar-refractivity contribution in [1.82, 2.24) is 4.90 Å². The summed E-state index contributed by atoms with van der Waals surface area (Å²) in [6.45, 7) is 4.05. The Kier molecular flexibility index (Phi) is 8.41. The first-order valence-corrected chi connectivity index (χ1v) is 11.0. The summed E-state index contributed by atoms with van der Waals surface area (Å²) in [5.41, 5.74) is 2.93. The second-order valence-corrected chi connectivity index (χ2v) is 8.07. The summed E-state index contributed by atoms with van der Waals surface area (Å²) in [7, 11) is 6.47. The van der Waals surface area contributed by atoms with Gasteiger partial charge in [-0.2, -0.15) is 0 Å². The number of anilines is 1. The van der Waals surface area contributed by atoms with Gasteiger partial charge >= 0.3 is 0 Å². The van der Waals surface area contributed by atoms with Gasteiger partial charge in [0.15, 0.2) is 16.6 Å². The monoisotopic (exact) mass is 460 g/mol. The van der Waals surface area contributed by atoms with Gasteiger partial charge in [0.1, 0.15) is 5.75 Å². The predicted molar refractivity (Wildman–Crippen MR) is 129 cm³/mol. The van der Waals surface area contributed by atoms with E-state index in [0.29, 0.717) is 35.5 Å². The van der Waals surface area contributed by atoms with E-state index in [1.807, 2.05) is 37.3 Å². The van der Waals surface area contributed by atoms with Crippen molar-refractivity contribution in [2.45, 2.75) is 32.4 Å². The molecule has 1 unspecified atom stereocenters. The molecule has 1 fully saturated rings. The van der Waals surface area contributed by atoms with E-state index in [4.69, 9.17) is 35.9 Å². The minimum Gasteiger partial charge on any atom is -0.495 e. The highest BCUT2D eigenvalue weighted by molar-refractivity contribution is 7.80. The Morgan fingerprint density at radius 3 is 2.28 bits per heavy atom. The van der Waals surface area contributed by atoms with Crippen molar-refractivity contribution in [3.8, 4) is 23.0 Å². The van der Waals surface area contributed by atoms with Crippen molar-refractivity contribution in [2.75, 3.05) is 46.9 Å². The van der Waals surface area contributed by atoms with Gasteiger partial charge in [-0.15, -0.1) is 0 Å². The maximum Gasteiger partial charge on any atom is 0.203 e. The molecule has 3 rings (SSSR count). The molecule has 2 aromatic carbocycles. The number of ether oxygens (including phenoxy) is 5. The van der Waals surface area contributed by atoms with Crippen molar-refractivity contribution >= 4 is 23.0 Å². The summed E-state index contributed by atoms with van der Waals surface area (Å²) in [6, 6.07) is 9.85. The van der Waals surface area contributed by atoms with Gasteiger partial charge in [0.25, 0.3) is 0 Å². The topological polar surface area (TPSA) is 61.4 Å². The van der Waals surface area contributed by atoms with Crippen LogP contribution < -0.4 is 24.3 Å². The van der Waals surface area contributed by atoms with Crippen LogP contribution in [0.15, 0.2) is 30.3 Å². The van der Waals surface area contributed by atoms with Crippen LogP contribution in [0.3, 0.4) is 0 Å². The number of methoxy groups -OCH3 is 4. The van der Waals surface area contributed by atoms with Gasteiger partial charge in [0.2, 0.25) is 5.75 Å². The Labute approximate surface area is 195 Å². The molecule has 1 saturated heterocycles. The standard InChI is InChI=1S/C24H32N2O5S/c1-16-8-9-20(27-2)19(11-16)25-24(32)26(15-18-7-6-10-31-18)14-17-12-21(28-3)23(30-5)22(13-17)29-4/h8-9,11-13,18H,6-7,10,14-15H2,1-5H3,(H,25,32). The Hall–Kier alpha value is -2.71. The van der Waals surface area contributed by atoms with Gasteiger partial charge in [0, 0.05) is 19.7 Å². The molecule has 0 aromatic heterocycles. The molecule has 1 atom stereocenters. The normalized spacial score (nSPS) is 15.2. The lowest BCUT2D eigenvalue weighted by molar-refractivity contribution is 0.0905. The SMILES string of the molecule is COc1ccc(C)cc1NC(=S)N(Cc1cc(OC)c(OC)c(OC)c1)CC1CCCO1. The number of hydrogen-bond donors (Lipinski definition) is 1. The van der Waals surface area contributed by atoms with Crippen molar-refractivity contribution in [2.24, 2.45) is 0 Å². The van der Waals surface area contributed by atoms with Crippen LogP contribution in [0.5, 0.6) is 23.0 Å². The third kappa shape index (κ3) is 5.75. The summed E-state index contributed by atoms with van der Waals surface area (Å²) in [6.07, 6.45) is 2.22. The number of aryl methyl sites for hydroxylation is 1. The summed E-state index contributed by atoms with van der Waals surface area (Å²) in [5, 5.41) is 3.96. The molecule has 32 heavy (non-hydrogen) atoms. The molecule has 0 saturated carbocycles. The second kappa shape index (κ2) is 11.2. The Bertz CT molecular complexity index is 906. The minimum atomic E-state index is 0.135. The molecule has 0 spiro atoms. The van der Waals surface area contributed by atoms with Crippen LogP contribution in [0.25, 0.3) is 0 Å². The first-order valence-electron chi connectivity index (χ1n) is 10.6. The average Bonchev–Trinajstić information content (AvgIpc) is 3.31.